The molecule has 0 aliphatic heterocycles. The fourth-order valence-electron chi connectivity index (χ4n) is 2.40. The van der Waals surface area contributed by atoms with Gasteiger partial charge in [-0.3, -0.25) is 4.79 Å². The van der Waals surface area contributed by atoms with Gasteiger partial charge in [-0.2, -0.15) is 0 Å². The third-order valence-corrected chi connectivity index (χ3v) is 4.38. The lowest BCUT2D eigenvalue weighted by Gasteiger charge is -2.37. The predicted octanol–water partition coefficient (Wildman–Crippen LogP) is 4.43. The predicted molar refractivity (Wildman–Crippen MR) is 83.3 cm³/mol. The lowest BCUT2D eigenvalue weighted by atomic mass is 9.90. The average molecular weight is 345 g/mol. The summed E-state index contributed by atoms with van der Waals surface area (Å²) in [5.74, 6) is 0.122. The molecular weight excluding hydrogens is 326 g/mol. The minimum atomic E-state index is 0.122. The Balaban J connectivity index is 2.17. The van der Waals surface area contributed by atoms with Gasteiger partial charge in [-0.15, -0.1) is 0 Å². The van der Waals surface area contributed by atoms with Gasteiger partial charge in [0.2, 0.25) is 0 Å². The molecule has 1 amide bonds. The van der Waals surface area contributed by atoms with Crippen molar-refractivity contribution in [2.45, 2.75) is 38.6 Å². The molecule has 0 unspecified atom stereocenters. The van der Waals surface area contributed by atoms with E-state index in [0.717, 1.165) is 36.7 Å². The number of benzene rings is 1. The molecule has 1 aliphatic rings. The molecule has 1 saturated carbocycles. The van der Waals surface area contributed by atoms with Crippen LogP contribution in [0.3, 0.4) is 0 Å². The summed E-state index contributed by atoms with van der Waals surface area (Å²) in [5, 5.41) is 1.57. The van der Waals surface area contributed by atoms with Gasteiger partial charge in [-0.05, 0) is 56.4 Å². The Morgan fingerprint density at radius 1 is 1.42 bits per heavy atom. The maximum Gasteiger partial charge on any atom is 0.254 e. The minimum Gasteiger partial charge on any atom is -0.336 e. The van der Waals surface area contributed by atoms with Crippen LogP contribution in [0.4, 0.5) is 0 Å². The summed E-state index contributed by atoms with van der Waals surface area (Å²) >= 11 is 9.49. The highest BCUT2D eigenvalue weighted by molar-refractivity contribution is 9.09. The number of halogens is 2. The molecule has 1 fully saturated rings. The number of rotatable bonds is 5. The largest absolute Gasteiger partial charge is 0.336 e. The quantitative estimate of drug-likeness (QED) is 0.724. The van der Waals surface area contributed by atoms with Crippen LogP contribution in [-0.2, 0) is 0 Å². The number of amides is 1. The Bertz CT molecular complexity index is 439. The normalized spacial score (nSPS) is 15.1. The topological polar surface area (TPSA) is 20.3 Å². The first-order chi connectivity index (χ1) is 9.11. The van der Waals surface area contributed by atoms with Gasteiger partial charge in [0.05, 0.1) is 0 Å². The zero-order valence-corrected chi connectivity index (χ0v) is 13.5. The summed E-state index contributed by atoms with van der Waals surface area (Å²) in [5.41, 5.74) is 1.75. The highest BCUT2D eigenvalue weighted by atomic mass is 79.9. The number of alkyl halides is 1. The number of carbonyl (C=O) groups excluding carboxylic acids is 1. The molecule has 104 valence electrons. The van der Waals surface area contributed by atoms with E-state index in [0.29, 0.717) is 16.6 Å². The molecule has 0 spiro atoms. The molecule has 4 heteroatoms. The van der Waals surface area contributed by atoms with Crippen LogP contribution in [0.2, 0.25) is 5.02 Å². The van der Waals surface area contributed by atoms with Gasteiger partial charge < -0.3 is 4.90 Å². The molecule has 0 radical (unpaired) electrons. The molecule has 1 aromatic rings. The molecule has 0 bridgehead atoms. The van der Waals surface area contributed by atoms with Crippen molar-refractivity contribution in [1.29, 1.82) is 0 Å². The van der Waals surface area contributed by atoms with E-state index >= 15 is 0 Å². The zero-order valence-electron chi connectivity index (χ0n) is 11.2. The third-order valence-electron chi connectivity index (χ3n) is 3.60. The Labute approximate surface area is 128 Å². The van der Waals surface area contributed by atoms with E-state index in [1.807, 2.05) is 24.0 Å². The van der Waals surface area contributed by atoms with Crippen LogP contribution in [0.1, 0.15) is 41.6 Å². The van der Waals surface area contributed by atoms with Gasteiger partial charge >= 0.3 is 0 Å². The molecule has 0 saturated heterocycles. The van der Waals surface area contributed by atoms with E-state index in [4.69, 9.17) is 11.6 Å². The average Bonchev–Trinajstić information content (AvgIpc) is 2.29. The molecule has 0 N–H and O–H groups in total. The maximum absolute atomic E-state index is 12.6. The Morgan fingerprint density at radius 2 is 2.16 bits per heavy atom. The van der Waals surface area contributed by atoms with Gasteiger partial charge in [-0.25, -0.2) is 0 Å². The Kier molecular flexibility index (Phi) is 5.28. The molecule has 0 aromatic heterocycles. The Hall–Kier alpha value is -0.540. The van der Waals surface area contributed by atoms with E-state index in [1.165, 1.54) is 6.42 Å². The molecule has 1 aliphatic carbocycles. The van der Waals surface area contributed by atoms with Crippen LogP contribution < -0.4 is 0 Å². The Morgan fingerprint density at radius 3 is 2.68 bits per heavy atom. The molecule has 2 rings (SSSR count). The minimum absolute atomic E-state index is 0.122. The lowest BCUT2D eigenvalue weighted by Crippen LogP contribution is -2.44. The zero-order chi connectivity index (χ0) is 13.8. The van der Waals surface area contributed by atoms with Crippen molar-refractivity contribution in [3.63, 3.8) is 0 Å². The smallest absolute Gasteiger partial charge is 0.254 e. The van der Waals surface area contributed by atoms with Gasteiger partial charge in [0, 0.05) is 28.5 Å². The van der Waals surface area contributed by atoms with Crippen LogP contribution in [0.5, 0.6) is 0 Å². The van der Waals surface area contributed by atoms with Crippen LogP contribution in [-0.4, -0.2) is 28.7 Å². The first-order valence-corrected chi connectivity index (χ1v) is 8.26. The van der Waals surface area contributed by atoms with Crippen molar-refractivity contribution in [2.24, 2.45) is 0 Å². The molecular formula is C15H19BrClNO. The van der Waals surface area contributed by atoms with Crippen LogP contribution >= 0.6 is 27.5 Å². The monoisotopic (exact) mass is 343 g/mol. The molecule has 19 heavy (non-hydrogen) atoms. The summed E-state index contributed by atoms with van der Waals surface area (Å²) in [6, 6.07) is 6.00. The van der Waals surface area contributed by atoms with E-state index in [9.17, 15) is 4.79 Å². The first-order valence-electron chi connectivity index (χ1n) is 6.76. The van der Waals surface area contributed by atoms with Crippen LogP contribution in [0.15, 0.2) is 18.2 Å². The van der Waals surface area contributed by atoms with E-state index in [-0.39, 0.29) is 5.91 Å². The molecule has 0 heterocycles. The van der Waals surface area contributed by atoms with Gasteiger partial charge in [0.15, 0.2) is 0 Å². The van der Waals surface area contributed by atoms with E-state index in [1.54, 1.807) is 6.07 Å². The van der Waals surface area contributed by atoms with Crippen molar-refractivity contribution in [1.82, 2.24) is 4.90 Å². The van der Waals surface area contributed by atoms with E-state index < -0.39 is 0 Å². The molecule has 2 nitrogen and oxygen atoms in total. The van der Waals surface area contributed by atoms with Crippen molar-refractivity contribution >= 4 is 33.4 Å². The lowest BCUT2D eigenvalue weighted by molar-refractivity contribution is 0.0581. The highest BCUT2D eigenvalue weighted by Gasteiger charge is 2.29. The maximum atomic E-state index is 12.6. The number of nitrogens with zero attached hydrogens (tertiary/aromatic N) is 1. The summed E-state index contributed by atoms with van der Waals surface area (Å²) in [6.45, 7) is 2.79. The summed E-state index contributed by atoms with van der Waals surface area (Å²) in [6.07, 6.45) is 4.49. The SMILES string of the molecule is Cc1cc(Cl)cc(C(=O)N(CCCBr)C2CCC2)c1. The number of carbonyl (C=O) groups is 1. The fraction of sp³-hybridized carbons (Fsp3) is 0.533. The van der Waals surface area contributed by atoms with Crippen LogP contribution in [0, 0.1) is 6.92 Å². The number of hydrogen-bond acceptors (Lipinski definition) is 1. The summed E-state index contributed by atoms with van der Waals surface area (Å²) in [7, 11) is 0. The van der Waals surface area contributed by atoms with Crippen molar-refractivity contribution < 1.29 is 4.79 Å². The number of hydrogen-bond donors (Lipinski definition) is 0. The summed E-state index contributed by atoms with van der Waals surface area (Å²) < 4.78 is 0. The van der Waals surface area contributed by atoms with Crippen molar-refractivity contribution in [3.8, 4) is 0 Å². The first kappa shape index (κ1) is 14.9. The third kappa shape index (κ3) is 3.73. The van der Waals surface area contributed by atoms with Gasteiger partial charge in [0.25, 0.3) is 5.91 Å². The number of aryl methyl sites for hydroxylation is 1. The second-order valence-electron chi connectivity index (χ2n) is 5.14. The second-order valence-corrected chi connectivity index (χ2v) is 6.37. The van der Waals surface area contributed by atoms with Crippen molar-refractivity contribution in [3.05, 3.63) is 34.3 Å². The second kappa shape index (κ2) is 6.76. The van der Waals surface area contributed by atoms with Gasteiger partial charge in [-0.1, -0.05) is 27.5 Å². The molecule has 1 aromatic carbocycles. The fourth-order valence-corrected chi connectivity index (χ4v) is 2.94. The standard InChI is InChI=1S/C15H19BrClNO/c1-11-8-12(10-13(17)9-11)15(19)18(7-3-6-16)14-4-2-5-14/h8-10,14H,2-7H2,1H3. The molecule has 0 atom stereocenters. The van der Waals surface area contributed by atoms with Gasteiger partial charge in [0.1, 0.15) is 0 Å². The van der Waals surface area contributed by atoms with Crippen molar-refractivity contribution in [2.75, 3.05) is 11.9 Å². The van der Waals surface area contributed by atoms with E-state index in [2.05, 4.69) is 15.9 Å². The highest BCUT2D eigenvalue weighted by Crippen LogP contribution is 2.27. The summed E-state index contributed by atoms with van der Waals surface area (Å²) in [4.78, 5) is 14.7. The van der Waals surface area contributed by atoms with Crippen LogP contribution in [0.25, 0.3) is 0 Å².